The van der Waals surface area contributed by atoms with Crippen molar-refractivity contribution < 1.29 is 4.79 Å². The Labute approximate surface area is 149 Å². The van der Waals surface area contributed by atoms with E-state index in [1.54, 1.807) is 10.9 Å². The van der Waals surface area contributed by atoms with Gasteiger partial charge in [0.1, 0.15) is 0 Å². The molecule has 1 aromatic carbocycles. The lowest BCUT2D eigenvalue weighted by Gasteiger charge is -2.12. The first-order valence-corrected chi connectivity index (χ1v) is 8.79. The molecule has 0 aliphatic carbocycles. The number of rotatable bonds is 4. The molecule has 0 radical (unpaired) electrons. The summed E-state index contributed by atoms with van der Waals surface area (Å²) in [5, 5.41) is 10.3. The summed E-state index contributed by atoms with van der Waals surface area (Å²) in [5.41, 5.74) is 3.09. The fourth-order valence-electron chi connectivity index (χ4n) is 2.48. The number of aryl methyl sites for hydroxylation is 1. The van der Waals surface area contributed by atoms with E-state index in [1.165, 1.54) is 11.3 Å². The van der Waals surface area contributed by atoms with Crippen molar-refractivity contribution in [3.8, 4) is 5.69 Å². The van der Waals surface area contributed by atoms with Crippen LogP contribution in [0.1, 0.15) is 41.5 Å². The second kappa shape index (κ2) is 6.75. The predicted molar refractivity (Wildman–Crippen MR) is 97.5 cm³/mol. The van der Waals surface area contributed by atoms with Gasteiger partial charge in [-0.1, -0.05) is 31.5 Å². The van der Waals surface area contributed by atoms with Crippen molar-refractivity contribution in [1.29, 1.82) is 0 Å². The number of carbonyl (C=O) groups is 1. The third-order valence-corrected chi connectivity index (χ3v) is 4.60. The van der Waals surface area contributed by atoms with Gasteiger partial charge in [-0.3, -0.25) is 10.1 Å². The summed E-state index contributed by atoms with van der Waals surface area (Å²) in [6.45, 7) is 5.95. The Balaban J connectivity index is 1.98. The molecule has 0 spiro atoms. The maximum atomic E-state index is 12.6. The zero-order chi connectivity index (χ0) is 17.3. The molecule has 124 valence electrons. The van der Waals surface area contributed by atoms with Crippen molar-refractivity contribution >= 4 is 34.0 Å². The number of amides is 1. The summed E-state index contributed by atoms with van der Waals surface area (Å²) in [6, 6.07) is 7.41. The first-order valence-electron chi connectivity index (χ1n) is 7.53. The normalized spacial score (nSPS) is 11.0. The molecule has 7 heteroatoms. The fourth-order valence-corrected chi connectivity index (χ4v) is 3.35. The number of benzene rings is 1. The first kappa shape index (κ1) is 16.7. The summed E-state index contributed by atoms with van der Waals surface area (Å²) in [4.78, 5) is 16.9. The van der Waals surface area contributed by atoms with E-state index < -0.39 is 0 Å². The SMILES string of the molecule is Cc1csc(NC(=O)c2cnn(-c3cccc(Cl)c3)c2C(C)C)n1. The number of hydrogen-bond donors (Lipinski definition) is 1. The van der Waals surface area contributed by atoms with Crippen molar-refractivity contribution in [2.45, 2.75) is 26.7 Å². The molecule has 2 heterocycles. The first-order chi connectivity index (χ1) is 11.5. The predicted octanol–water partition coefficient (Wildman–Crippen LogP) is 4.67. The quantitative estimate of drug-likeness (QED) is 0.735. The van der Waals surface area contributed by atoms with E-state index in [4.69, 9.17) is 11.6 Å². The molecule has 24 heavy (non-hydrogen) atoms. The topological polar surface area (TPSA) is 59.8 Å². The molecule has 0 fully saturated rings. The Bertz CT molecular complexity index is 884. The molecule has 0 saturated carbocycles. The van der Waals surface area contributed by atoms with Crippen LogP contribution >= 0.6 is 22.9 Å². The monoisotopic (exact) mass is 360 g/mol. The van der Waals surface area contributed by atoms with Gasteiger partial charge in [0.05, 0.1) is 28.8 Å². The van der Waals surface area contributed by atoms with Gasteiger partial charge in [-0.25, -0.2) is 9.67 Å². The minimum Gasteiger partial charge on any atom is -0.298 e. The molecular weight excluding hydrogens is 344 g/mol. The Kier molecular flexibility index (Phi) is 4.69. The number of nitrogens with zero attached hydrogens (tertiary/aromatic N) is 3. The number of anilines is 1. The van der Waals surface area contributed by atoms with E-state index >= 15 is 0 Å². The van der Waals surface area contributed by atoms with Crippen molar-refractivity contribution in [3.05, 3.63) is 57.8 Å². The van der Waals surface area contributed by atoms with E-state index in [9.17, 15) is 4.79 Å². The number of halogens is 1. The molecule has 0 atom stereocenters. The van der Waals surface area contributed by atoms with E-state index in [2.05, 4.69) is 15.4 Å². The second-order valence-electron chi connectivity index (χ2n) is 5.74. The van der Waals surface area contributed by atoms with Crippen LogP contribution in [0.2, 0.25) is 5.02 Å². The molecule has 3 rings (SSSR count). The minimum absolute atomic E-state index is 0.116. The lowest BCUT2D eigenvalue weighted by Crippen LogP contribution is -2.15. The standard InChI is InChI=1S/C17H17ClN4OS/c1-10(2)15-14(16(23)21-17-20-11(3)9-24-17)8-19-22(15)13-6-4-5-12(18)7-13/h4-10H,1-3H3,(H,20,21,23). The van der Waals surface area contributed by atoms with Gasteiger partial charge in [0, 0.05) is 10.4 Å². The van der Waals surface area contributed by atoms with Crippen LogP contribution in [0.25, 0.3) is 5.69 Å². The summed E-state index contributed by atoms with van der Waals surface area (Å²) >= 11 is 7.48. The largest absolute Gasteiger partial charge is 0.298 e. The summed E-state index contributed by atoms with van der Waals surface area (Å²) in [7, 11) is 0. The number of aromatic nitrogens is 3. The molecule has 0 aliphatic rings. The third-order valence-electron chi connectivity index (χ3n) is 3.49. The zero-order valence-electron chi connectivity index (χ0n) is 13.6. The number of carbonyl (C=O) groups excluding carboxylic acids is 1. The Morgan fingerprint density at radius 3 is 2.79 bits per heavy atom. The van der Waals surface area contributed by atoms with E-state index in [0.717, 1.165) is 17.1 Å². The van der Waals surface area contributed by atoms with Crippen molar-refractivity contribution in [2.24, 2.45) is 0 Å². The Morgan fingerprint density at radius 1 is 1.38 bits per heavy atom. The van der Waals surface area contributed by atoms with Gasteiger partial charge in [0.15, 0.2) is 5.13 Å². The average Bonchev–Trinajstić information content (AvgIpc) is 3.13. The van der Waals surface area contributed by atoms with Gasteiger partial charge in [-0.2, -0.15) is 5.10 Å². The number of hydrogen-bond acceptors (Lipinski definition) is 4. The summed E-state index contributed by atoms with van der Waals surface area (Å²) < 4.78 is 1.76. The maximum Gasteiger partial charge on any atom is 0.260 e. The van der Waals surface area contributed by atoms with Crippen molar-refractivity contribution in [3.63, 3.8) is 0 Å². The van der Waals surface area contributed by atoms with Gasteiger partial charge in [0.2, 0.25) is 0 Å². The van der Waals surface area contributed by atoms with Crippen LogP contribution in [0.3, 0.4) is 0 Å². The lowest BCUT2D eigenvalue weighted by molar-refractivity contribution is 0.102. The molecule has 2 aromatic heterocycles. The van der Waals surface area contributed by atoms with Crippen LogP contribution in [0.4, 0.5) is 5.13 Å². The fraction of sp³-hybridized carbons (Fsp3) is 0.235. The highest BCUT2D eigenvalue weighted by Crippen LogP contribution is 2.25. The average molecular weight is 361 g/mol. The highest BCUT2D eigenvalue weighted by Gasteiger charge is 2.21. The smallest absolute Gasteiger partial charge is 0.260 e. The van der Waals surface area contributed by atoms with Crippen LogP contribution in [0.15, 0.2) is 35.8 Å². The number of thiazole rings is 1. The van der Waals surface area contributed by atoms with Crippen LogP contribution in [-0.4, -0.2) is 20.7 Å². The van der Waals surface area contributed by atoms with Gasteiger partial charge < -0.3 is 0 Å². The van der Waals surface area contributed by atoms with Crippen LogP contribution in [-0.2, 0) is 0 Å². The zero-order valence-corrected chi connectivity index (χ0v) is 15.1. The van der Waals surface area contributed by atoms with Crippen LogP contribution in [0, 0.1) is 6.92 Å². The Hall–Kier alpha value is -2.18. The van der Waals surface area contributed by atoms with Gasteiger partial charge in [0.25, 0.3) is 5.91 Å². The molecular formula is C17H17ClN4OS. The van der Waals surface area contributed by atoms with Gasteiger partial charge in [-0.15, -0.1) is 11.3 Å². The van der Waals surface area contributed by atoms with Crippen molar-refractivity contribution in [2.75, 3.05) is 5.32 Å². The van der Waals surface area contributed by atoms with Crippen LogP contribution in [0.5, 0.6) is 0 Å². The molecule has 0 unspecified atom stereocenters. The van der Waals surface area contributed by atoms with E-state index in [0.29, 0.717) is 15.7 Å². The highest BCUT2D eigenvalue weighted by molar-refractivity contribution is 7.13. The third kappa shape index (κ3) is 3.34. The molecule has 3 aromatic rings. The van der Waals surface area contributed by atoms with Gasteiger partial charge in [-0.05, 0) is 31.0 Å². The summed E-state index contributed by atoms with van der Waals surface area (Å²) in [6.07, 6.45) is 1.59. The molecule has 0 bridgehead atoms. The van der Waals surface area contributed by atoms with Crippen molar-refractivity contribution in [1.82, 2.24) is 14.8 Å². The molecule has 0 aliphatic heterocycles. The molecule has 1 amide bonds. The number of nitrogens with one attached hydrogen (secondary N) is 1. The Morgan fingerprint density at radius 2 is 2.17 bits per heavy atom. The molecule has 5 nitrogen and oxygen atoms in total. The molecule has 0 saturated heterocycles. The molecule has 1 N–H and O–H groups in total. The summed E-state index contributed by atoms with van der Waals surface area (Å²) in [5.74, 6) is -0.0911. The second-order valence-corrected chi connectivity index (χ2v) is 7.03. The highest BCUT2D eigenvalue weighted by atomic mass is 35.5. The van der Waals surface area contributed by atoms with E-state index in [-0.39, 0.29) is 11.8 Å². The maximum absolute atomic E-state index is 12.6. The van der Waals surface area contributed by atoms with E-state index in [1.807, 2.05) is 50.4 Å². The lowest BCUT2D eigenvalue weighted by atomic mass is 10.1. The van der Waals surface area contributed by atoms with Gasteiger partial charge >= 0.3 is 0 Å². The van der Waals surface area contributed by atoms with Crippen LogP contribution < -0.4 is 5.32 Å². The minimum atomic E-state index is -0.207.